The Morgan fingerprint density at radius 1 is 1.25 bits per heavy atom. The molecule has 3 aliphatic rings. The average Bonchev–Trinajstić information content (AvgIpc) is 2.81. The van der Waals surface area contributed by atoms with Gasteiger partial charge in [0.25, 0.3) is 0 Å². The van der Waals surface area contributed by atoms with Crippen LogP contribution in [-0.4, -0.2) is 25.5 Å². The van der Waals surface area contributed by atoms with Crippen molar-refractivity contribution in [3.63, 3.8) is 0 Å². The summed E-state index contributed by atoms with van der Waals surface area (Å²) in [5.74, 6) is 2.41. The minimum absolute atomic E-state index is 0.512. The van der Waals surface area contributed by atoms with Crippen molar-refractivity contribution >= 4 is 22.7 Å². The first-order valence-corrected chi connectivity index (χ1v) is 8.02. The van der Waals surface area contributed by atoms with E-state index >= 15 is 0 Å². The second kappa shape index (κ2) is 4.45. The van der Waals surface area contributed by atoms with Crippen molar-refractivity contribution in [1.29, 1.82) is 0 Å². The third-order valence-electron chi connectivity index (χ3n) is 3.77. The number of nitrogens with zero attached hydrogens (tertiary/aromatic N) is 4. The topological polar surface area (TPSA) is 43.6 Å². The zero-order valence-electron chi connectivity index (χ0n) is 11.6. The highest BCUT2D eigenvalue weighted by atomic mass is 32.2. The molecule has 5 heteroatoms. The molecule has 0 bridgehead atoms. The second-order valence-corrected chi connectivity index (χ2v) is 6.60. The number of aryl methyl sites for hydroxylation is 1. The third kappa shape index (κ3) is 1.80. The smallest absolute Gasteiger partial charge is 0.186 e. The number of hydrogen-bond acceptors (Lipinski definition) is 4. The lowest BCUT2D eigenvalue weighted by molar-refractivity contribution is 0.504. The van der Waals surface area contributed by atoms with E-state index in [9.17, 15) is 0 Å². The predicted molar refractivity (Wildman–Crippen MR) is 81.4 cm³/mol. The molecule has 4 rings (SSSR count). The summed E-state index contributed by atoms with van der Waals surface area (Å²) >= 11 is 1.77. The lowest BCUT2D eigenvalue weighted by atomic mass is 10.0. The van der Waals surface area contributed by atoms with Crippen LogP contribution < -0.4 is 0 Å². The molecule has 0 spiro atoms. The molecule has 0 saturated carbocycles. The summed E-state index contributed by atoms with van der Waals surface area (Å²) in [6, 6.07) is 6.46. The fraction of sp³-hybridized carbons (Fsp3) is 0.400. The van der Waals surface area contributed by atoms with Gasteiger partial charge in [-0.3, -0.25) is 0 Å². The van der Waals surface area contributed by atoms with Crippen molar-refractivity contribution in [2.75, 3.05) is 5.75 Å². The van der Waals surface area contributed by atoms with Gasteiger partial charge in [0.1, 0.15) is 5.69 Å². The van der Waals surface area contributed by atoms with Gasteiger partial charge in [-0.05, 0) is 30.0 Å². The maximum absolute atomic E-state index is 4.78. The first-order valence-electron chi connectivity index (χ1n) is 7.03. The molecular weight excluding hydrogens is 268 g/mol. The number of aromatic nitrogens is 4. The molecule has 3 aliphatic heterocycles. The number of fused-ring (bicyclic) bond motifs is 4. The summed E-state index contributed by atoms with van der Waals surface area (Å²) in [4.78, 5) is 9.30. The Bertz CT molecular complexity index is 762. The fourth-order valence-corrected chi connectivity index (χ4v) is 3.49. The van der Waals surface area contributed by atoms with Gasteiger partial charge in [0.05, 0.1) is 5.52 Å². The zero-order chi connectivity index (χ0) is 13.7. The van der Waals surface area contributed by atoms with Crippen LogP contribution >= 0.6 is 11.8 Å². The molecule has 0 saturated heterocycles. The summed E-state index contributed by atoms with van der Waals surface area (Å²) in [6.07, 6.45) is 1.16. The molecule has 0 aromatic heterocycles. The predicted octanol–water partition coefficient (Wildman–Crippen LogP) is 3.55. The van der Waals surface area contributed by atoms with Gasteiger partial charge in [-0.25, -0.2) is 14.6 Å². The van der Waals surface area contributed by atoms with Crippen molar-refractivity contribution < 1.29 is 0 Å². The van der Waals surface area contributed by atoms with Crippen LogP contribution in [0.5, 0.6) is 0 Å². The molecule has 1 aromatic carbocycles. The Morgan fingerprint density at radius 3 is 3.00 bits per heavy atom. The normalized spacial score (nSPS) is 15.2. The number of hydrogen-bond donors (Lipinski definition) is 0. The molecule has 0 unspecified atom stereocenters. The first-order chi connectivity index (χ1) is 9.72. The quantitative estimate of drug-likeness (QED) is 0.685. The molecule has 1 aromatic rings. The molecule has 0 N–H and O–H groups in total. The van der Waals surface area contributed by atoms with Crippen LogP contribution in [0.3, 0.4) is 0 Å². The Hall–Kier alpha value is -1.62. The Labute approximate surface area is 122 Å². The first kappa shape index (κ1) is 12.1. The molecule has 0 atom stereocenters. The van der Waals surface area contributed by atoms with E-state index in [2.05, 4.69) is 42.0 Å². The minimum atomic E-state index is 0.512. The zero-order valence-corrected chi connectivity index (χ0v) is 12.4. The van der Waals surface area contributed by atoms with E-state index in [-0.39, 0.29) is 0 Å². The summed E-state index contributed by atoms with van der Waals surface area (Å²) in [5, 5.41) is 6.90. The molecule has 20 heavy (non-hydrogen) atoms. The molecule has 102 valence electrons. The second-order valence-electron chi connectivity index (χ2n) is 5.53. The van der Waals surface area contributed by atoms with Crippen molar-refractivity contribution in [1.82, 2.24) is 19.7 Å². The minimum Gasteiger partial charge on any atom is -0.242 e. The van der Waals surface area contributed by atoms with E-state index in [4.69, 9.17) is 5.10 Å². The van der Waals surface area contributed by atoms with Crippen LogP contribution in [-0.2, 0) is 6.54 Å². The van der Waals surface area contributed by atoms with Gasteiger partial charge >= 0.3 is 0 Å². The summed E-state index contributed by atoms with van der Waals surface area (Å²) in [7, 11) is 0. The Balaban J connectivity index is 1.99. The van der Waals surface area contributed by atoms with Crippen LogP contribution in [0.1, 0.15) is 31.7 Å². The van der Waals surface area contributed by atoms with Crippen molar-refractivity contribution in [3.05, 3.63) is 23.8 Å². The maximum Gasteiger partial charge on any atom is 0.186 e. The lowest BCUT2D eigenvalue weighted by Gasteiger charge is -2.16. The maximum atomic E-state index is 4.78. The summed E-state index contributed by atoms with van der Waals surface area (Å²) in [6.45, 7) is 5.37. The van der Waals surface area contributed by atoms with E-state index in [1.165, 1.54) is 5.56 Å². The van der Waals surface area contributed by atoms with E-state index in [1.807, 2.05) is 4.68 Å². The summed E-state index contributed by atoms with van der Waals surface area (Å²) < 4.78 is 2.03. The number of thioether (sulfide) groups is 1. The standard InChI is InChI=1S/C15H16N4S/c1-9(2)10-4-5-12-11(8-10)13-14(16-12)17-15-19(18-13)6-3-7-20-15/h4-5,8-9H,3,6-7H2,1-2H3. The molecule has 0 aliphatic carbocycles. The summed E-state index contributed by atoms with van der Waals surface area (Å²) in [5.41, 5.74) is 3.26. The van der Waals surface area contributed by atoms with Gasteiger partial charge < -0.3 is 0 Å². The number of rotatable bonds is 1. The van der Waals surface area contributed by atoms with Gasteiger partial charge in [-0.1, -0.05) is 31.7 Å². The third-order valence-corrected chi connectivity index (χ3v) is 4.82. The van der Waals surface area contributed by atoms with Crippen molar-refractivity contribution in [3.8, 4) is 11.5 Å². The van der Waals surface area contributed by atoms with Crippen molar-refractivity contribution in [2.45, 2.75) is 37.9 Å². The highest BCUT2D eigenvalue weighted by Gasteiger charge is 2.21. The van der Waals surface area contributed by atoms with E-state index in [0.29, 0.717) is 5.92 Å². The highest BCUT2D eigenvalue weighted by Crippen LogP contribution is 2.32. The molecule has 0 amide bonds. The van der Waals surface area contributed by atoms with Gasteiger partial charge in [-0.2, -0.15) is 5.10 Å². The van der Waals surface area contributed by atoms with Crippen LogP contribution in [0.15, 0.2) is 23.4 Å². The molecule has 0 radical (unpaired) electrons. The molecule has 3 heterocycles. The lowest BCUT2D eigenvalue weighted by Crippen LogP contribution is -2.15. The number of benzene rings is 1. The molecule has 4 nitrogen and oxygen atoms in total. The molecular formula is C15H16N4S. The highest BCUT2D eigenvalue weighted by molar-refractivity contribution is 7.99. The van der Waals surface area contributed by atoms with E-state index < -0.39 is 0 Å². The Morgan fingerprint density at radius 2 is 2.15 bits per heavy atom. The average molecular weight is 284 g/mol. The van der Waals surface area contributed by atoms with Gasteiger partial charge in [0.2, 0.25) is 0 Å². The fourth-order valence-electron chi connectivity index (χ4n) is 2.61. The molecule has 0 fully saturated rings. The van der Waals surface area contributed by atoms with Crippen LogP contribution in [0.25, 0.3) is 22.4 Å². The Kier molecular flexibility index (Phi) is 2.70. The van der Waals surface area contributed by atoms with Crippen LogP contribution in [0.2, 0.25) is 0 Å². The monoisotopic (exact) mass is 284 g/mol. The van der Waals surface area contributed by atoms with Crippen LogP contribution in [0.4, 0.5) is 0 Å². The van der Waals surface area contributed by atoms with Gasteiger partial charge in [0, 0.05) is 17.7 Å². The van der Waals surface area contributed by atoms with Crippen LogP contribution in [0, 0.1) is 0 Å². The van der Waals surface area contributed by atoms with E-state index in [1.54, 1.807) is 11.8 Å². The van der Waals surface area contributed by atoms with E-state index in [0.717, 1.165) is 46.3 Å². The largest absolute Gasteiger partial charge is 0.242 e. The van der Waals surface area contributed by atoms with Crippen molar-refractivity contribution in [2.24, 2.45) is 0 Å². The SMILES string of the molecule is CC(C)c1ccc2nc3nc4n(nc-3c2c1)CCCS4. The van der Waals surface area contributed by atoms with Gasteiger partial charge in [0.15, 0.2) is 11.0 Å². The van der Waals surface area contributed by atoms with Gasteiger partial charge in [-0.15, -0.1) is 0 Å².